The summed E-state index contributed by atoms with van der Waals surface area (Å²) >= 11 is 1.45. The van der Waals surface area contributed by atoms with Gasteiger partial charge in [-0.05, 0) is 41.3 Å². The molecule has 30 heavy (non-hydrogen) atoms. The molecule has 6 nitrogen and oxygen atoms in total. The number of rotatable bonds is 6. The van der Waals surface area contributed by atoms with Gasteiger partial charge in [0.15, 0.2) is 0 Å². The first-order valence-corrected chi connectivity index (χ1v) is 12.3. The van der Waals surface area contributed by atoms with Crippen LogP contribution in [0.1, 0.15) is 26.3 Å². The van der Waals surface area contributed by atoms with E-state index in [4.69, 9.17) is 4.74 Å². The van der Waals surface area contributed by atoms with E-state index in [1.165, 1.54) is 27.7 Å². The van der Waals surface area contributed by atoms with Gasteiger partial charge in [0.05, 0.1) is 23.9 Å². The van der Waals surface area contributed by atoms with Crippen LogP contribution in [0.5, 0.6) is 0 Å². The summed E-state index contributed by atoms with van der Waals surface area (Å²) in [5.41, 5.74) is 1.81. The lowest BCUT2D eigenvalue weighted by atomic mass is 9.87. The van der Waals surface area contributed by atoms with Crippen molar-refractivity contribution < 1.29 is 17.9 Å². The number of hydrogen-bond donors (Lipinski definition) is 1. The molecule has 162 valence electrons. The van der Waals surface area contributed by atoms with Gasteiger partial charge in [-0.25, -0.2) is 8.42 Å². The molecular weight excluding hydrogens is 420 g/mol. The number of amides is 1. The van der Waals surface area contributed by atoms with E-state index in [0.29, 0.717) is 32.0 Å². The molecule has 1 aliphatic heterocycles. The van der Waals surface area contributed by atoms with Crippen LogP contribution in [0.3, 0.4) is 0 Å². The first-order valence-electron chi connectivity index (χ1n) is 9.87. The average Bonchev–Trinajstić information content (AvgIpc) is 2.73. The molecule has 0 atom stereocenters. The van der Waals surface area contributed by atoms with E-state index in [1.54, 1.807) is 18.2 Å². The van der Waals surface area contributed by atoms with Crippen molar-refractivity contribution in [2.75, 3.05) is 37.4 Å². The van der Waals surface area contributed by atoms with Gasteiger partial charge in [0.25, 0.3) is 0 Å². The molecule has 0 unspecified atom stereocenters. The van der Waals surface area contributed by atoms with Gasteiger partial charge in [-0.3, -0.25) is 4.79 Å². The second-order valence-electron chi connectivity index (χ2n) is 8.16. The summed E-state index contributed by atoms with van der Waals surface area (Å²) in [6.07, 6.45) is 0. The smallest absolute Gasteiger partial charge is 0.243 e. The lowest BCUT2D eigenvalue weighted by Crippen LogP contribution is -2.40. The fraction of sp³-hybridized carbons (Fsp3) is 0.409. The summed E-state index contributed by atoms with van der Waals surface area (Å²) in [6.45, 7) is 7.95. The number of thioether (sulfide) groups is 1. The molecule has 1 heterocycles. The van der Waals surface area contributed by atoms with E-state index in [9.17, 15) is 13.2 Å². The molecular formula is C22H28N2O4S2. The number of benzene rings is 2. The molecule has 8 heteroatoms. The number of sulfonamides is 1. The molecule has 1 N–H and O–H groups in total. The highest BCUT2D eigenvalue weighted by Crippen LogP contribution is 2.26. The van der Waals surface area contributed by atoms with Crippen molar-refractivity contribution in [3.05, 3.63) is 54.1 Å². The van der Waals surface area contributed by atoms with Crippen molar-refractivity contribution in [2.24, 2.45) is 0 Å². The quantitative estimate of drug-likeness (QED) is 0.682. The SMILES string of the molecule is CC(C)(C)c1ccc(SCC(=O)Nc2cccc(S(=O)(=O)N3CCOCC3)c2)cc1. The van der Waals surface area contributed by atoms with Crippen molar-refractivity contribution in [1.29, 1.82) is 0 Å². The number of carbonyl (C=O) groups excluding carboxylic acids is 1. The lowest BCUT2D eigenvalue weighted by molar-refractivity contribution is -0.113. The Labute approximate surface area is 183 Å². The van der Waals surface area contributed by atoms with Gasteiger partial charge in [0.1, 0.15) is 0 Å². The third-order valence-electron chi connectivity index (χ3n) is 4.82. The standard InChI is InChI=1S/C22H28N2O4S2/c1-22(2,3)17-7-9-19(10-8-17)29-16-21(25)23-18-5-4-6-20(15-18)30(26,27)24-11-13-28-14-12-24/h4-10,15H,11-14,16H2,1-3H3,(H,23,25). The number of nitrogens with one attached hydrogen (secondary N) is 1. The van der Waals surface area contributed by atoms with Crippen molar-refractivity contribution in [1.82, 2.24) is 4.31 Å². The van der Waals surface area contributed by atoms with Crippen LogP contribution < -0.4 is 5.32 Å². The topological polar surface area (TPSA) is 75.7 Å². The zero-order valence-corrected chi connectivity index (χ0v) is 19.2. The molecule has 1 aliphatic rings. The Balaban J connectivity index is 1.60. The summed E-state index contributed by atoms with van der Waals surface area (Å²) in [4.78, 5) is 13.6. The minimum atomic E-state index is -3.60. The average molecular weight is 449 g/mol. The predicted molar refractivity (Wildman–Crippen MR) is 121 cm³/mol. The monoisotopic (exact) mass is 448 g/mol. The minimum Gasteiger partial charge on any atom is -0.379 e. The molecule has 1 amide bonds. The first kappa shape index (κ1) is 22.8. The fourth-order valence-electron chi connectivity index (χ4n) is 3.07. The van der Waals surface area contributed by atoms with E-state index >= 15 is 0 Å². The van der Waals surface area contributed by atoms with Crippen molar-refractivity contribution in [2.45, 2.75) is 36.0 Å². The Morgan fingerprint density at radius 3 is 2.40 bits per heavy atom. The molecule has 0 radical (unpaired) electrons. The maximum absolute atomic E-state index is 12.8. The fourth-order valence-corrected chi connectivity index (χ4v) is 5.22. The second kappa shape index (κ2) is 9.51. The third kappa shape index (κ3) is 5.85. The van der Waals surface area contributed by atoms with Crippen molar-refractivity contribution in [3.8, 4) is 0 Å². The van der Waals surface area contributed by atoms with Crippen LogP contribution >= 0.6 is 11.8 Å². The van der Waals surface area contributed by atoms with Crippen molar-refractivity contribution in [3.63, 3.8) is 0 Å². The van der Waals surface area contributed by atoms with Crippen LogP contribution in [0.25, 0.3) is 0 Å². The molecule has 2 aromatic rings. The highest BCUT2D eigenvalue weighted by Gasteiger charge is 2.26. The van der Waals surface area contributed by atoms with Gasteiger partial charge in [-0.2, -0.15) is 4.31 Å². The number of ether oxygens (including phenoxy) is 1. The molecule has 1 fully saturated rings. The van der Waals surface area contributed by atoms with Crippen LogP contribution in [-0.4, -0.2) is 50.7 Å². The van der Waals surface area contributed by atoms with Gasteiger partial charge in [0.2, 0.25) is 15.9 Å². The van der Waals surface area contributed by atoms with Crippen LogP contribution in [-0.2, 0) is 25.0 Å². The molecule has 3 rings (SSSR count). The lowest BCUT2D eigenvalue weighted by Gasteiger charge is -2.26. The Kier molecular flexibility index (Phi) is 7.23. The number of morpholine rings is 1. The summed E-state index contributed by atoms with van der Waals surface area (Å²) in [6, 6.07) is 14.6. The van der Waals surface area contributed by atoms with E-state index < -0.39 is 10.0 Å². The normalized spacial score (nSPS) is 15.7. The molecule has 0 bridgehead atoms. The largest absolute Gasteiger partial charge is 0.379 e. The van der Waals surface area contributed by atoms with Crippen molar-refractivity contribution >= 4 is 33.4 Å². The minimum absolute atomic E-state index is 0.0904. The number of carbonyl (C=O) groups is 1. The van der Waals surface area contributed by atoms with E-state index in [0.717, 1.165) is 4.90 Å². The first-order chi connectivity index (χ1) is 14.2. The molecule has 0 aliphatic carbocycles. The van der Waals surface area contributed by atoms with Gasteiger partial charge in [-0.1, -0.05) is 39.0 Å². The molecule has 0 aromatic heterocycles. The number of hydrogen-bond acceptors (Lipinski definition) is 5. The predicted octanol–water partition coefficient (Wildman–Crippen LogP) is 3.74. The Morgan fingerprint density at radius 1 is 1.10 bits per heavy atom. The maximum Gasteiger partial charge on any atom is 0.243 e. The highest BCUT2D eigenvalue weighted by atomic mass is 32.2. The molecule has 2 aromatic carbocycles. The van der Waals surface area contributed by atoms with Gasteiger partial charge < -0.3 is 10.1 Å². The van der Waals surface area contributed by atoms with Crippen LogP contribution in [0.15, 0.2) is 58.3 Å². The Bertz CT molecular complexity index is 977. The molecule has 1 saturated heterocycles. The van der Waals surface area contributed by atoms with Crippen LogP contribution in [0.2, 0.25) is 0 Å². The van der Waals surface area contributed by atoms with Crippen LogP contribution in [0, 0.1) is 0 Å². The number of anilines is 1. The molecule has 0 spiro atoms. The van der Waals surface area contributed by atoms with E-state index in [1.807, 2.05) is 12.1 Å². The Morgan fingerprint density at radius 2 is 1.77 bits per heavy atom. The Hall–Kier alpha value is -1.87. The number of nitrogens with zero attached hydrogens (tertiary/aromatic N) is 1. The highest BCUT2D eigenvalue weighted by molar-refractivity contribution is 8.00. The van der Waals surface area contributed by atoms with Gasteiger partial charge >= 0.3 is 0 Å². The third-order valence-corrected chi connectivity index (χ3v) is 7.72. The van der Waals surface area contributed by atoms with E-state index in [2.05, 4.69) is 38.2 Å². The zero-order chi connectivity index (χ0) is 21.8. The van der Waals surface area contributed by atoms with Gasteiger partial charge in [0, 0.05) is 23.7 Å². The van der Waals surface area contributed by atoms with Crippen LogP contribution in [0.4, 0.5) is 5.69 Å². The second-order valence-corrected chi connectivity index (χ2v) is 11.1. The zero-order valence-electron chi connectivity index (χ0n) is 17.6. The maximum atomic E-state index is 12.8. The van der Waals surface area contributed by atoms with E-state index in [-0.39, 0.29) is 22.0 Å². The summed E-state index contributed by atoms with van der Waals surface area (Å²) in [5.74, 6) is 0.0655. The summed E-state index contributed by atoms with van der Waals surface area (Å²) in [5, 5.41) is 2.80. The molecule has 0 saturated carbocycles. The summed E-state index contributed by atoms with van der Waals surface area (Å²) < 4.78 is 32.2. The summed E-state index contributed by atoms with van der Waals surface area (Å²) in [7, 11) is -3.60. The van der Waals surface area contributed by atoms with Gasteiger partial charge in [-0.15, -0.1) is 11.8 Å².